The van der Waals surface area contributed by atoms with Gasteiger partial charge in [0.25, 0.3) is 0 Å². The van der Waals surface area contributed by atoms with Crippen LogP contribution in [-0.4, -0.2) is 9.78 Å². The van der Waals surface area contributed by atoms with Crippen molar-refractivity contribution in [2.75, 3.05) is 0 Å². The summed E-state index contributed by atoms with van der Waals surface area (Å²) in [6.07, 6.45) is 0. The highest BCUT2D eigenvalue weighted by molar-refractivity contribution is 9.10. The molecule has 0 fully saturated rings. The van der Waals surface area contributed by atoms with Crippen LogP contribution in [0.4, 0.5) is 0 Å². The molecule has 0 unspecified atom stereocenters. The first-order chi connectivity index (χ1) is 12.2. The van der Waals surface area contributed by atoms with Crippen LogP contribution in [0.5, 0.6) is 0 Å². The van der Waals surface area contributed by atoms with Crippen LogP contribution in [0.2, 0.25) is 0 Å². The van der Waals surface area contributed by atoms with E-state index in [2.05, 4.69) is 86.5 Å². The monoisotopic (exact) mass is 452 g/mol. The Hall–Kier alpha value is -2.17. The second-order valence-electron chi connectivity index (χ2n) is 5.68. The topological polar surface area (TPSA) is 17.8 Å². The van der Waals surface area contributed by atoms with Crippen molar-refractivity contribution in [2.24, 2.45) is 0 Å². The van der Waals surface area contributed by atoms with Gasteiger partial charge >= 0.3 is 0 Å². The smallest absolute Gasteiger partial charge is 0.0934 e. The number of para-hydroxylation sites is 1. The summed E-state index contributed by atoms with van der Waals surface area (Å²) >= 11 is 6.99. The van der Waals surface area contributed by atoms with Crippen molar-refractivity contribution in [1.82, 2.24) is 9.78 Å². The number of benzene rings is 3. The minimum Gasteiger partial charge on any atom is -0.232 e. The molecule has 3 aromatic carbocycles. The van der Waals surface area contributed by atoms with Crippen molar-refractivity contribution < 1.29 is 0 Å². The molecule has 0 bridgehead atoms. The molecule has 122 valence electrons. The molecule has 0 saturated heterocycles. The van der Waals surface area contributed by atoms with Gasteiger partial charge in [0, 0.05) is 20.1 Å². The Kier molecular flexibility index (Phi) is 4.55. The molecule has 4 rings (SSSR count). The second-order valence-corrected chi connectivity index (χ2v) is 7.51. The molecule has 1 aromatic heterocycles. The standard InChI is InChI=1S/C21H14Br2N2/c22-17-10-6-15(7-11-17)20-14-21(16-8-12-18(23)13-9-16)25(24-20)19-4-2-1-3-5-19/h1-14H. The lowest BCUT2D eigenvalue weighted by molar-refractivity contribution is 0.892. The fourth-order valence-corrected chi connectivity index (χ4v) is 3.26. The maximum Gasteiger partial charge on any atom is 0.0934 e. The third kappa shape index (κ3) is 3.46. The molecule has 25 heavy (non-hydrogen) atoms. The van der Waals surface area contributed by atoms with E-state index in [1.165, 1.54) is 0 Å². The molecule has 0 amide bonds. The van der Waals surface area contributed by atoms with E-state index in [0.29, 0.717) is 0 Å². The first kappa shape index (κ1) is 16.3. The Morgan fingerprint density at radius 1 is 0.640 bits per heavy atom. The highest BCUT2D eigenvalue weighted by Crippen LogP contribution is 2.30. The number of hydrogen-bond donors (Lipinski definition) is 0. The van der Waals surface area contributed by atoms with E-state index in [1.54, 1.807) is 0 Å². The maximum atomic E-state index is 4.87. The Bertz CT molecular complexity index is 989. The molecule has 1 heterocycles. The van der Waals surface area contributed by atoms with Crippen LogP contribution < -0.4 is 0 Å². The van der Waals surface area contributed by atoms with Crippen molar-refractivity contribution >= 4 is 31.9 Å². The normalized spacial score (nSPS) is 10.8. The van der Waals surface area contributed by atoms with Gasteiger partial charge in [-0.2, -0.15) is 5.10 Å². The Balaban J connectivity index is 1.89. The van der Waals surface area contributed by atoms with E-state index in [1.807, 2.05) is 35.0 Å². The van der Waals surface area contributed by atoms with Gasteiger partial charge in [0.15, 0.2) is 0 Å². The lowest BCUT2D eigenvalue weighted by Crippen LogP contribution is -1.98. The van der Waals surface area contributed by atoms with Gasteiger partial charge in [-0.15, -0.1) is 0 Å². The van der Waals surface area contributed by atoms with Gasteiger partial charge in [-0.25, -0.2) is 4.68 Å². The number of nitrogens with zero attached hydrogens (tertiary/aromatic N) is 2. The average molecular weight is 454 g/mol. The maximum absolute atomic E-state index is 4.87. The van der Waals surface area contributed by atoms with Gasteiger partial charge in [-0.3, -0.25) is 0 Å². The highest BCUT2D eigenvalue weighted by atomic mass is 79.9. The summed E-state index contributed by atoms with van der Waals surface area (Å²) in [4.78, 5) is 0. The molecule has 0 N–H and O–H groups in total. The Morgan fingerprint density at radius 2 is 1.20 bits per heavy atom. The molecule has 0 aliphatic heterocycles. The molecule has 0 atom stereocenters. The number of halogens is 2. The number of hydrogen-bond acceptors (Lipinski definition) is 1. The van der Waals surface area contributed by atoms with E-state index in [9.17, 15) is 0 Å². The number of aromatic nitrogens is 2. The van der Waals surface area contributed by atoms with E-state index in [-0.39, 0.29) is 0 Å². The van der Waals surface area contributed by atoms with Crippen LogP contribution in [-0.2, 0) is 0 Å². The predicted molar refractivity (Wildman–Crippen MR) is 110 cm³/mol. The van der Waals surface area contributed by atoms with Crippen LogP contribution in [0, 0.1) is 0 Å². The summed E-state index contributed by atoms with van der Waals surface area (Å²) in [6, 6.07) is 28.9. The summed E-state index contributed by atoms with van der Waals surface area (Å²) in [7, 11) is 0. The quantitative estimate of drug-likeness (QED) is 0.336. The highest BCUT2D eigenvalue weighted by Gasteiger charge is 2.13. The lowest BCUT2D eigenvalue weighted by atomic mass is 10.1. The van der Waals surface area contributed by atoms with Crippen LogP contribution >= 0.6 is 31.9 Å². The average Bonchev–Trinajstić information content (AvgIpc) is 3.09. The van der Waals surface area contributed by atoms with Crippen molar-refractivity contribution in [3.63, 3.8) is 0 Å². The van der Waals surface area contributed by atoms with Gasteiger partial charge in [0.2, 0.25) is 0 Å². The first-order valence-corrected chi connectivity index (χ1v) is 9.47. The van der Waals surface area contributed by atoms with Crippen LogP contribution in [0.3, 0.4) is 0 Å². The summed E-state index contributed by atoms with van der Waals surface area (Å²) in [6.45, 7) is 0. The Labute approximate surface area is 163 Å². The summed E-state index contributed by atoms with van der Waals surface area (Å²) in [5, 5.41) is 4.87. The first-order valence-electron chi connectivity index (χ1n) is 7.88. The van der Waals surface area contributed by atoms with Crippen molar-refractivity contribution in [2.45, 2.75) is 0 Å². The zero-order valence-electron chi connectivity index (χ0n) is 13.2. The van der Waals surface area contributed by atoms with Gasteiger partial charge in [0.1, 0.15) is 0 Å². The minimum absolute atomic E-state index is 0.953. The third-order valence-corrected chi connectivity index (χ3v) is 5.05. The van der Waals surface area contributed by atoms with Crippen LogP contribution in [0.1, 0.15) is 0 Å². The van der Waals surface area contributed by atoms with Crippen molar-refractivity contribution in [3.8, 4) is 28.2 Å². The fraction of sp³-hybridized carbons (Fsp3) is 0. The summed E-state index contributed by atoms with van der Waals surface area (Å²) in [5.74, 6) is 0. The molecule has 4 aromatic rings. The van der Waals surface area contributed by atoms with Gasteiger partial charge in [-0.05, 0) is 42.5 Å². The Morgan fingerprint density at radius 3 is 1.80 bits per heavy atom. The zero-order chi connectivity index (χ0) is 17.2. The zero-order valence-corrected chi connectivity index (χ0v) is 16.4. The largest absolute Gasteiger partial charge is 0.232 e. The minimum atomic E-state index is 0.953. The van der Waals surface area contributed by atoms with E-state index in [0.717, 1.165) is 37.1 Å². The van der Waals surface area contributed by atoms with Crippen LogP contribution in [0.25, 0.3) is 28.2 Å². The van der Waals surface area contributed by atoms with Crippen molar-refractivity contribution in [3.05, 3.63) is 93.9 Å². The SMILES string of the molecule is Brc1ccc(-c2cc(-c3ccc(Br)cc3)n(-c3ccccc3)n2)cc1. The molecule has 0 saturated carbocycles. The fourth-order valence-electron chi connectivity index (χ4n) is 2.74. The van der Waals surface area contributed by atoms with Gasteiger partial charge in [-0.1, -0.05) is 74.3 Å². The van der Waals surface area contributed by atoms with E-state index in [4.69, 9.17) is 5.10 Å². The summed E-state index contributed by atoms with van der Waals surface area (Å²) in [5.41, 5.74) is 5.29. The molecule has 4 heteroatoms. The third-order valence-electron chi connectivity index (χ3n) is 3.99. The van der Waals surface area contributed by atoms with E-state index < -0.39 is 0 Å². The number of rotatable bonds is 3. The lowest BCUT2D eigenvalue weighted by Gasteiger charge is -2.07. The molecule has 0 radical (unpaired) electrons. The molecule has 0 aliphatic carbocycles. The van der Waals surface area contributed by atoms with Gasteiger partial charge < -0.3 is 0 Å². The molecular formula is C21H14Br2N2. The van der Waals surface area contributed by atoms with Crippen molar-refractivity contribution in [1.29, 1.82) is 0 Å². The molecule has 0 aliphatic rings. The van der Waals surface area contributed by atoms with E-state index >= 15 is 0 Å². The molecule has 2 nitrogen and oxygen atoms in total. The molecular weight excluding hydrogens is 440 g/mol. The predicted octanol–water partition coefficient (Wildman–Crippen LogP) is 6.73. The second kappa shape index (κ2) is 6.98. The van der Waals surface area contributed by atoms with Gasteiger partial charge in [0.05, 0.1) is 17.1 Å². The molecule has 0 spiro atoms. The van der Waals surface area contributed by atoms with Crippen LogP contribution in [0.15, 0.2) is 93.9 Å². The summed E-state index contributed by atoms with van der Waals surface area (Å²) < 4.78 is 4.13.